The molecule has 0 radical (unpaired) electrons. The van der Waals surface area contributed by atoms with Gasteiger partial charge in [0.1, 0.15) is 5.82 Å². The lowest BCUT2D eigenvalue weighted by atomic mass is 9.95. The lowest BCUT2D eigenvalue weighted by Gasteiger charge is -2.22. The zero-order chi connectivity index (χ0) is 13.5. The van der Waals surface area contributed by atoms with E-state index in [-0.39, 0.29) is 5.69 Å². The average Bonchev–Trinajstić information content (AvgIpc) is 2.45. The van der Waals surface area contributed by atoms with Crippen molar-refractivity contribution in [1.82, 2.24) is 15.5 Å². The number of carboxylic acid groups (broad SMARTS) is 1. The summed E-state index contributed by atoms with van der Waals surface area (Å²) in [6, 6.07) is 3.74. The van der Waals surface area contributed by atoms with Crippen molar-refractivity contribution in [3.63, 3.8) is 0 Å². The van der Waals surface area contributed by atoms with Gasteiger partial charge in [-0.05, 0) is 25.0 Å². The van der Waals surface area contributed by atoms with Crippen LogP contribution in [0.3, 0.4) is 0 Å². The Kier molecular flexibility index (Phi) is 5.09. The summed E-state index contributed by atoms with van der Waals surface area (Å²) in [5.74, 6) is -0.451. The van der Waals surface area contributed by atoms with Crippen molar-refractivity contribution in [3.05, 3.63) is 17.8 Å². The minimum Gasteiger partial charge on any atom is -0.476 e. The molecule has 0 unspecified atom stereocenters. The van der Waals surface area contributed by atoms with E-state index < -0.39 is 5.97 Å². The smallest absolute Gasteiger partial charge is 0.356 e. The second-order valence-electron chi connectivity index (χ2n) is 4.82. The van der Waals surface area contributed by atoms with E-state index in [1.165, 1.54) is 38.2 Å². The summed E-state index contributed by atoms with van der Waals surface area (Å²) in [5, 5.41) is 22.8. The van der Waals surface area contributed by atoms with Crippen LogP contribution in [0.15, 0.2) is 12.1 Å². The van der Waals surface area contributed by atoms with Crippen LogP contribution in [-0.4, -0.2) is 40.4 Å². The Balaban J connectivity index is 1.66. The van der Waals surface area contributed by atoms with E-state index in [1.807, 2.05) is 0 Å². The van der Waals surface area contributed by atoms with E-state index in [0.29, 0.717) is 11.9 Å². The van der Waals surface area contributed by atoms with Crippen LogP contribution >= 0.6 is 0 Å². The van der Waals surface area contributed by atoms with Crippen LogP contribution < -0.4 is 10.6 Å². The first-order chi connectivity index (χ1) is 9.25. The standard InChI is InChI=1S/C13H20N4O2/c18-13(19)11-6-7-12(17-16-11)15-9-8-14-10-4-2-1-3-5-10/h6-7,10,14H,1-5,8-9H2,(H,15,17)(H,18,19). The summed E-state index contributed by atoms with van der Waals surface area (Å²) < 4.78 is 0. The van der Waals surface area contributed by atoms with Crippen LogP contribution in [0.4, 0.5) is 5.82 Å². The number of aromatic carboxylic acids is 1. The molecule has 2 rings (SSSR count). The van der Waals surface area contributed by atoms with Gasteiger partial charge in [0.15, 0.2) is 5.69 Å². The third-order valence-electron chi connectivity index (χ3n) is 3.35. The van der Waals surface area contributed by atoms with Crippen LogP contribution in [0.25, 0.3) is 0 Å². The lowest BCUT2D eigenvalue weighted by Crippen LogP contribution is -2.34. The summed E-state index contributed by atoms with van der Waals surface area (Å²) in [5.41, 5.74) is -0.0362. The molecule has 0 aromatic carbocycles. The number of hydrogen-bond donors (Lipinski definition) is 3. The van der Waals surface area contributed by atoms with Crippen molar-refractivity contribution in [1.29, 1.82) is 0 Å². The Bertz CT molecular complexity index is 402. The number of aromatic nitrogens is 2. The summed E-state index contributed by atoms with van der Waals surface area (Å²) in [4.78, 5) is 10.6. The zero-order valence-electron chi connectivity index (χ0n) is 10.9. The molecule has 104 valence electrons. The van der Waals surface area contributed by atoms with Crippen molar-refractivity contribution in [2.45, 2.75) is 38.1 Å². The van der Waals surface area contributed by atoms with E-state index in [2.05, 4.69) is 20.8 Å². The SMILES string of the molecule is O=C(O)c1ccc(NCCNC2CCCCC2)nn1. The van der Waals surface area contributed by atoms with Gasteiger partial charge in [0.2, 0.25) is 0 Å². The molecule has 1 fully saturated rings. The van der Waals surface area contributed by atoms with Gasteiger partial charge in [-0.1, -0.05) is 19.3 Å². The quantitative estimate of drug-likeness (QED) is 0.675. The van der Waals surface area contributed by atoms with Crippen molar-refractivity contribution in [2.75, 3.05) is 18.4 Å². The Hall–Kier alpha value is -1.69. The van der Waals surface area contributed by atoms with Gasteiger partial charge in [-0.15, -0.1) is 10.2 Å². The minimum absolute atomic E-state index is 0.0362. The van der Waals surface area contributed by atoms with Crippen LogP contribution in [0.2, 0.25) is 0 Å². The summed E-state index contributed by atoms with van der Waals surface area (Å²) in [6.07, 6.45) is 6.56. The molecular weight excluding hydrogens is 244 g/mol. The van der Waals surface area contributed by atoms with E-state index in [9.17, 15) is 4.79 Å². The number of rotatable bonds is 6. The minimum atomic E-state index is -1.06. The second-order valence-corrected chi connectivity index (χ2v) is 4.82. The molecule has 1 aliphatic rings. The molecule has 1 heterocycles. The molecule has 0 saturated heterocycles. The first-order valence-corrected chi connectivity index (χ1v) is 6.80. The molecule has 1 aromatic heterocycles. The van der Waals surface area contributed by atoms with Gasteiger partial charge in [-0.3, -0.25) is 0 Å². The zero-order valence-corrected chi connectivity index (χ0v) is 10.9. The fourth-order valence-electron chi connectivity index (χ4n) is 2.31. The summed E-state index contributed by atoms with van der Waals surface area (Å²) in [7, 11) is 0. The topological polar surface area (TPSA) is 87.1 Å². The van der Waals surface area contributed by atoms with Gasteiger partial charge >= 0.3 is 5.97 Å². The lowest BCUT2D eigenvalue weighted by molar-refractivity contribution is 0.0689. The summed E-state index contributed by atoms with van der Waals surface area (Å²) >= 11 is 0. The molecule has 3 N–H and O–H groups in total. The molecular formula is C13H20N4O2. The van der Waals surface area contributed by atoms with E-state index in [4.69, 9.17) is 5.11 Å². The number of nitrogens with one attached hydrogen (secondary N) is 2. The fourth-order valence-corrected chi connectivity index (χ4v) is 2.31. The third-order valence-corrected chi connectivity index (χ3v) is 3.35. The van der Waals surface area contributed by atoms with Crippen molar-refractivity contribution >= 4 is 11.8 Å². The molecule has 6 heteroatoms. The number of hydrogen-bond acceptors (Lipinski definition) is 5. The second kappa shape index (κ2) is 7.04. The van der Waals surface area contributed by atoms with Gasteiger partial charge in [0.25, 0.3) is 0 Å². The van der Waals surface area contributed by atoms with Gasteiger partial charge in [-0.25, -0.2) is 4.79 Å². The molecule has 1 aliphatic carbocycles. The molecule has 1 saturated carbocycles. The third kappa shape index (κ3) is 4.48. The predicted octanol–water partition coefficient (Wildman–Crippen LogP) is 1.51. The van der Waals surface area contributed by atoms with E-state index >= 15 is 0 Å². The number of nitrogens with zero attached hydrogens (tertiary/aromatic N) is 2. The number of anilines is 1. The average molecular weight is 264 g/mol. The monoisotopic (exact) mass is 264 g/mol. The maximum atomic E-state index is 10.6. The van der Waals surface area contributed by atoms with Gasteiger partial charge in [0.05, 0.1) is 0 Å². The Morgan fingerprint density at radius 1 is 1.21 bits per heavy atom. The number of carbonyl (C=O) groups is 1. The maximum absolute atomic E-state index is 10.6. The highest BCUT2D eigenvalue weighted by Gasteiger charge is 2.11. The van der Waals surface area contributed by atoms with Crippen molar-refractivity contribution in [3.8, 4) is 0 Å². The highest BCUT2D eigenvalue weighted by molar-refractivity contribution is 5.85. The fraction of sp³-hybridized carbons (Fsp3) is 0.615. The van der Waals surface area contributed by atoms with Crippen LogP contribution in [-0.2, 0) is 0 Å². The van der Waals surface area contributed by atoms with E-state index in [0.717, 1.165) is 13.1 Å². The van der Waals surface area contributed by atoms with Gasteiger partial charge in [0, 0.05) is 19.1 Å². The van der Waals surface area contributed by atoms with Gasteiger partial charge in [-0.2, -0.15) is 0 Å². The van der Waals surface area contributed by atoms with Crippen molar-refractivity contribution < 1.29 is 9.90 Å². The highest BCUT2D eigenvalue weighted by Crippen LogP contribution is 2.16. The Morgan fingerprint density at radius 2 is 2.00 bits per heavy atom. The molecule has 0 bridgehead atoms. The van der Waals surface area contributed by atoms with Crippen LogP contribution in [0, 0.1) is 0 Å². The van der Waals surface area contributed by atoms with E-state index in [1.54, 1.807) is 6.07 Å². The van der Waals surface area contributed by atoms with Crippen molar-refractivity contribution in [2.24, 2.45) is 0 Å². The molecule has 1 aromatic rings. The highest BCUT2D eigenvalue weighted by atomic mass is 16.4. The van der Waals surface area contributed by atoms with Crippen LogP contribution in [0.5, 0.6) is 0 Å². The van der Waals surface area contributed by atoms with Gasteiger partial charge < -0.3 is 15.7 Å². The summed E-state index contributed by atoms with van der Waals surface area (Å²) in [6.45, 7) is 1.64. The molecule has 6 nitrogen and oxygen atoms in total. The molecule has 0 spiro atoms. The predicted molar refractivity (Wildman–Crippen MR) is 72.4 cm³/mol. The number of carboxylic acids is 1. The first-order valence-electron chi connectivity index (χ1n) is 6.80. The molecule has 0 aliphatic heterocycles. The largest absolute Gasteiger partial charge is 0.476 e. The molecule has 19 heavy (non-hydrogen) atoms. The Morgan fingerprint density at radius 3 is 2.63 bits per heavy atom. The molecule has 0 atom stereocenters. The normalized spacial score (nSPS) is 16.2. The maximum Gasteiger partial charge on any atom is 0.356 e. The first kappa shape index (κ1) is 13.7. The Labute approximate surface area is 112 Å². The molecule has 0 amide bonds. The van der Waals surface area contributed by atoms with Crippen LogP contribution in [0.1, 0.15) is 42.6 Å².